The van der Waals surface area contributed by atoms with Crippen LogP contribution in [0, 0.1) is 6.92 Å². The minimum Gasteiger partial charge on any atom is -0.334 e. The van der Waals surface area contributed by atoms with Gasteiger partial charge in [-0.2, -0.15) is 0 Å². The van der Waals surface area contributed by atoms with Gasteiger partial charge < -0.3 is 4.52 Å². The minimum absolute atomic E-state index is 0.491. The van der Waals surface area contributed by atoms with Gasteiger partial charge >= 0.3 is 0 Å². The second-order valence-electron chi connectivity index (χ2n) is 2.03. The average molecular weight is 135 g/mol. The minimum atomic E-state index is 0.491. The van der Waals surface area contributed by atoms with E-state index in [1.165, 1.54) is 0 Å². The first kappa shape index (κ1) is 5.34. The molecule has 0 aliphatic rings. The average Bonchev–Trinajstić information content (AvgIpc) is 2.33. The molecule has 0 aliphatic carbocycles. The van der Waals surface area contributed by atoms with Crippen molar-refractivity contribution >= 4 is 11.2 Å². The van der Waals surface area contributed by atoms with Crippen LogP contribution in [0.4, 0.5) is 0 Å². The monoisotopic (exact) mass is 135 g/mol. The van der Waals surface area contributed by atoms with Crippen molar-refractivity contribution in [3.05, 3.63) is 18.1 Å². The van der Waals surface area contributed by atoms with Crippen molar-refractivity contribution in [3.8, 4) is 0 Å². The Balaban J connectivity index is 2.86. The largest absolute Gasteiger partial charge is 0.334 e. The van der Waals surface area contributed by atoms with E-state index in [1.807, 2.05) is 6.92 Å². The Morgan fingerprint density at radius 2 is 2.30 bits per heavy atom. The van der Waals surface area contributed by atoms with Gasteiger partial charge in [0.1, 0.15) is 0 Å². The first-order chi connectivity index (χ1) is 4.86. The molecule has 0 spiro atoms. The maximum atomic E-state index is 4.75. The molecule has 2 aromatic heterocycles. The van der Waals surface area contributed by atoms with E-state index in [0.29, 0.717) is 11.2 Å². The molecule has 4 heteroatoms. The predicted molar refractivity (Wildman–Crippen MR) is 34.3 cm³/mol. The lowest BCUT2D eigenvalue weighted by Gasteiger charge is -1.86. The molecule has 0 fully saturated rings. The molecular formula is C6H5N3O. The van der Waals surface area contributed by atoms with Crippen LogP contribution in [-0.4, -0.2) is 15.1 Å². The zero-order chi connectivity index (χ0) is 6.97. The maximum absolute atomic E-state index is 4.75. The number of rotatable bonds is 0. The Bertz CT molecular complexity index is 355. The standard InChI is InChI=1S/C6H5N3O/c1-4-2-7-6-5(9-4)3-8-10-6/h2-3H,1H3. The van der Waals surface area contributed by atoms with E-state index in [1.54, 1.807) is 12.4 Å². The van der Waals surface area contributed by atoms with Crippen LogP contribution in [0.2, 0.25) is 0 Å². The highest BCUT2D eigenvalue weighted by Crippen LogP contribution is 2.05. The molecule has 0 N–H and O–H groups in total. The Morgan fingerprint density at radius 3 is 3.20 bits per heavy atom. The summed E-state index contributed by atoms with van der Waals surface area (Å²) in [5.74, 6) is 0. The van der Waals surface area contributed by atoms with Crippen LogP contribution < -0.4 is 0 Å². The molecule has 10 heavy (non-hydrogen) atoms. The number of aromatic nitrogens is 3. The molecular weight excluding hydrogens is 130 g/mol. The van der Waals surface area contributed by atoms with E-state index in [2.05, 4.69) is 15.1 Å². The van der Waals surface area contributed by atoms with E-state index in [-0.39, 0.29) is 0 Å². The Labute approximate surface area is 56.9 Å². The van der Waals surface area contributed by atoms with Gasteiger partial charge in [-0.25, -0.2) is 9.97 Å². The highest BCUT2D eigenvalue weighted by atomic mass is 16.5. The fourth-order valence-electron chi connectivity index (χ4n) is 0.765. The Kier molecular flexibility index (Phi) is 0.943. The molecule has 0 atom stereocenters. The van der Waals surface area contributed by atoms with Crippen molar-refractivity contribution in [2.75, 3.05) is 0 Å². The molecule has 0 saturated heterocycles. The third-order valence-corrected chi connectivity index (χ3v) is 1.20. The molecule has 2 heterocycles. The van der Waals surface area contributed by atoms with E-state index >= 15 is 0 Å². The van der Waals surface area contributed by atoms with E-state index in [9.17, 15) is 0 Å². The second kappa shape index (κ2) is 1.76. The number of aryl methyl sites for hydroxylation is 1. The summed E-state index contributed by atoms with van der Waals surface area (Å²) in [6.45, 7) is 1.87. The molecule has 4 nitrogen and oxygen atoms in total. The van der Waals surface area contributed by atoms with Crippen molar-refractivity contribution in [2.45, 2.75) is 6.92 Å². The fraction of sp³-hybridized carbons (Fsp3) is 0.167. The second-order valence-corrected chi connectivity index (χ2v) is 2.03. The van der Waals surface area contributed by atoms with Crippen LogP contribution in [0.1, 0.15) is 5.69 Å². The third kappa shape index (κ3) is 0.655. The molecule has 2 aromatic rings. The van der Waals surface area contributed by atoms with E-state index in [0.717, 1.165) is 5.69 Å². The molecule has 50 valence electrons. The van der Waals surface area contributed by atoms with Gasteiger partial charge in [0.15, 0.2) is 5.52 Å². The van der Waals surface area contributed by atoms with Gasteiger partial charge in [-0.1, -0.05) is 5.16 Å². The molecule has 0 saturated carbocycles. The Hall–Kier alpha value is -1.45. The SMILES string of the molecule is Cc1cnc2oncc2n1. The van der Waals surface area contributed by atoms with Crippen LogP contribution in [-0.2, 0) is 0 Å². The van der Waals surface area contributed by atoms with Crippen molar-refractivity contribution in [3.63, 3.8) is 0 Å². The summed E-state index contributed by atoms with van der Waals surface area (Å²) in [5, 5.41) is 3.54. The van der Waals surface area contributed by atoms with Gasteiger partial charge in [-0.05, 0) is 6.92 Å². The molecule has 0 bridgehead atoms. The van der Waals surface area contributed by atoms with Crippen molar-refractivity contribution < 1.29 is 4.52 Å². The highest BCUT2D eigenvalue weighted by molar-refractivity contribution is 5.65. The summed E-state index contributed by atoms with van der Waals surface area (Å²) in [6, 6.07) is 0. The van der Waals surface area contributed by atoms with Gasteiger partial charge in [0, 0.05) is 0 Å². The van der Waals surface area contributed by atoms with Crippen LogP contribution >= 0.6 is 0 Å². The third-order valence-electron chi connectivity index (χ3n) is 1.20. The molecule has 0 radical (unpaired) electrons. The number of hydrogen-bond donors (Lipinski definition) is 0. The summed E-state index contributed by atoms with van der Waals surface area (Å²) in [5.41, 5.74) is 2.07. The van der Waals surface area contributed by atoms with Crippen LogP contribution in [0.15, 0.2) is 16.9 Å². The van der Waals surface area contributed by atoms with Crippen LogP contribution in [0.25, 0.3) is 11.2 Å². The van der Waals surface area contributed by atoms with Gasteiger partial charge in [0.2, 0.25) is 0 Å². The van der Waals surface area contributed by atoms with E-state index in [4.69, 9.17) is 4.52 Å². The lowest BCUT2D eigenvalue weighted by Crippen LogP contribution is -1.81. The topological polar surface area (TPSA) is 51.8 Å². The summed E-state index contributed by atoms with van der Waals surface area (Å²) >= 11 is 0. The number of fused-ring (bicyclic) bond motifs is 1. The zero-order valence-corrected chi connectivity index (χ0v) is 5.40. The molecule has 2 rings (SSSR count). The maximum Gasteiger partial charge on any atom is 0.276 e. The zero-order valence-electron chi connectivity index (χ0n) is 5.40. The lowest BCUT2D eigenvalue weighted by molar-refractivity contribution is 0.448. The quantitative estimate of drug-likeness (QED) is 0.539. The lowest BCUT2D eigenvalue weighted by atomic mass is 10.5. The smallest absolute Gasteiger partial charge is 0.276 e. The predicted octanol–water partition coefficient (Wildman–Crippen LogP) is 0.926. The normalized spacial score (nSPS) is 10.5. The Morgan fingerprint density at radius 1 is 1.40 bits per heavy atom. The van der Waals surface area contributed by atoms with E-state index < -0.39 is 0 Å². The van der Waals surface area contributed by atoms with Gasteiger partial charge in [-0.15, -0.1) is 0 Å². The van der Waals surface area contributed by atoms with Crippen molar-refractivity contribution in [1.29, 1.82) is 0 Å². The summed E-state index contributed by atoms with van der Waals surface area (Å²) in [4.78, 5) is 8.07. The molecule has 0 aromatic carbocycles. The highest BCUT2D eigenvalue weighted by Gasteiger charge is 1.98. The number of hydrogen-bond acceptors (Lipinski definition) is 4. The molecule has 0 amide bonds. The van der Waals surface area contributed by atoms with Crippen molar-refractivity contribution in [2.24, 2.45) is 0 Å². The van der Waals surface area contributed by atoms with Crippen LogP contribution in [0.5, 0.6) is 0 Å². The van der Waals surface area contributed by atoms with Crippen molar-refractivity contribution in [1.82, 2.24) is 15.1 Å². The van der Waals surface area contributed by atoms with Gasteiger partial charge in [0.25, 0.3) is 5.71 Å². The number of nitrogens with zero attached hydrogens (tertiary/aromatic N) is 3. The first-order valence-electron chi connectivity index (χ1n) is 2.90. The first-order valence-corrected chi connectivity index (χ1v) is 2.90. The van der Waals surface area contributed by atoms with Crippen LogP contribution in [0.3, 0.4) is 0 Å². The molecule has 0 unspecified atom stereocenters. The summed E-state index contributed by atoms with van der Waals surface area (Å²) in [6.07, 6.45) is 3.20. The summed E-state index contributed by atoms with van der Waals surface area (Å²) in [7, 11) is 0. The van der Waals surface area contributed by atoms with Gasteiger partial charge in [0.05, 0.1) is 18.1 Å². The summed E-state index contributed by atoms with van der Waals surface area (Å²) < 4.78 is 4.75. The van der Waals surface area contributed by atoms with Gasteiger partial charge in [-0.3, -0.25) is 0 Å². The fourth-order valence-corrected chi connectivity index (χ4v) is 0.765. The molecule has 0 aliphatic heterocycles.